The van der Waals surface area contributed by atoms with Crippen LogP contribution >= 0.6 is 11.6 Å². The van der Waals surface area contributed by atoms with Gasteiger partial charge >= 0.3 is 0 Å². The molecule has 32 heavy (non-hydrogen) atoms. The molecule has 7 rings (SSSR count). The topological polar surface area (TPSA) is 74.1 Å². The molecule has 0 amide bonds. The summed E-state index contributed by atoms with van der Waals surface area (Å²) in [5, 5.41) is 3.89. The van der Waals surface area contributed by atoms with E-state index in [2.05, 4.69) is 44.1 Å². The SMILES string of the molecule is CC1(C)O[C@@H]2[C@@H]3C[C@@H]3[C@@H](n3cnc4c(N[C@H](c5ccccc5)C5CC5)nc(Cl)nc43)[C@@H]2O1. The Morgan fingerprint density at radius 2 is 1.88 bits per heavy atom. The lowest BCUT2D eigenvalue weighted by atomic mass is 10.0. The first-order chi connectivity index (χ1) is 15.5. The van der Waals surface area contributed by atoms with Crippen molar-refractivity contribution in [1.29, 1.82) is 0 Å². The Balaban J connectivity index is 1.27. The lowest BCUT2D eigenvalue weighted by molar-refractivity contribution is -0.156. The van der Waals surface area contributed by atoms with Gasteiger partial charge in [0.05, 0.1) is 24.5 Å². The van der Waals surface area contributed by atoms with Crippen molar-refractivity contribution in [2.75, 3.05) is 5.32 Å². The number of ether oxygens (including phenoxy) is 2. The van der Waals surface area contributed by atoms with Gasteiger partial charge in [-0.3, -0.25) is 0 Å². The van der Waals surface area contributed by atoms with Crippen LogP contribution in [0.2, 0.25) is 5.28 Å². The summed E-state index contributed by atoms with van der Waals surface area (Å²) in [5.74, 6) is 1.83. The molecule has 3 aromatic rings. The van der Waals surface area contributed by atoms with Gasteiger partial charge in [-0.1, -0.05) is 30.3 Å². The largest absolute Gasteiger partial charge is 0.361 e. The molecule has 0 bridgehead atoms. The second-order valence-electron chi connectivity index (χ2n) is 10.2. The van der Waals surface area contributed by atoms with Crippen molar-refractivity contribution in [3.8, 4) is 0 Å². The number of hydrogen-bond donors (Lipinski definition) is 1. The maximum atomic E-state index is 6.43. The third-order valence-corrected chi connectivity index (χ3v) is 7.68. The molecule has 6 atom stereocenters. The third kappa shape index (κ3) is 2.98. The molecule has 3 heterocycles. The fourth-order valence-electron chi connectivity index (χ4n) is 5.95. The van der Waals surface area contributed by atoms with E-state index < -0.39 is 5.79 Å². The molecule has 3 aliphatic carbocycles. The molecule has 0 spiro atoms. The molecule has 166 valence electrons. The van der Waals surface area contributed by atoms with E-state index in [-0.39, 0.29) is 29.6 Å². The highest BCUT2D eigenvalue weighted by Gasteiger charge is 2.66. The zero-order chi connectivity index (χ0) is 21.6. The molecule has 8 heteroatoms. The third-order valence-electron chi connectivity index (χ3n) is 7.51. The standard InChI is InChI=1S/C24H26ClN5O2/c1-24(2)31-19-15-10-14(15)18(20(19)32-24)30-11-26-17-21(28-23(25)29-22(17)30)27-16(13-8-9-13)12-6-4-3-5-7-12/h3-7,11,13-16,18-20H,8-10H2,1-2H3,(H,27,28,29)/t14-,15+,16+,18+,19+,20-/m0/s1. The summed E-state index contributed by atoms with van der Waals surface area (Å²) < 4.78 is 14.7. The van der Waals surface area contributed by atoms with Crippen molar-refractivity contribution in [1.82, 2.24) is 19.5 Å². The molecular formula is C24H26ClN5O2. The first-order valence-electron chi connectivity index (χ1n) is 11.6. The molecule has 1 aliphatic heterocycles. The van der Waals surface area contributed by atoms with Gasteiger partial charge in [0.1, 0.15) is 6.10 Å². The molecule has 1 aromatic carbocycles. The van der Waals surface area contributed by atoms with E-state index in [1.165, 1.54) is 18.4 Å². The number of rotatable bonds is 5. The monoisotopic (exact) mass is 451 g/mol. The second-order valence-corrected chi connectivity index (χ2v) is 10.5. The zero-order valence-electron chi connectivity index (χ0n) is 18.1. The first-order valence-corrected chi connectivity index (χ1v) is 11.9. The van der Waals surface area contributed by atoms with Crippen LogP contribution in [0.4, 0.5) is 5.82 Å². The van der Waals surface area contributed by atoms with Crippen molar-refractivity contribution in [2.45, 2.75) is 63.2 Å². The maximum Gasteiger partial charge on any atom is 0.226 e. The summed E-state index contributed by atoms with van der Waals surface area (Å²) in [7, 11) is 0. The number of hydrogen-bond acceptors (Lipinski definition) is 6. The zero-order valence-corrected chi connectivity index (χ0v) is 18.9. The highest BCUT2D eigenvalue weighted by molar-refractivity contribution is 6.28. The molecule has 1 N–H and O–H groups in total. The molecule has 2 aromatic heterocycles. The van der Waals surface area contributed by atoms with E-state index in [9.17, 15) is 0 Å². The molecule has 0 unspecified atom stereocenters. The summed E-state index contributed by atoms with van der Waals surface area (Å²) in [5.41, 5.74) is 2.78. The first kappa shape index (κ1) is 19.3. The fourth-order valence-corrected chi connectivity index (χ4v) is 6.11. The van der Waals surface area contributed by atoms with E-state index in [0.717, 1.165) is 17.6 Å². The van der Waals surface area contributed by atoms with Crippen LogP contribution in [0, 0.1) is 17.8 Å². The van der Waals surface area contributed by atoms with E-state index in [4.69, 9.17) is 26.1 Å². The van der Waals surface area contributed by atoms with Gasteiger partial charge in [0.15, 0.2) is 22.8 Å². The maximum absolute atomic E-state index is 6.43. The van der Waals surface area contributed by atoms with Crippen LogP contribution in [0.1, 0.15) is 50.8 Å². The van der Waals surface area contributed by atoms with Crippen molar-refractivity contribution in [2.24, 2.45) is 17.8 Å². The summed E-state index contributed by atoms with van der Waals surface area (Å²) >= 11 is 6.43. The number of nitrogens with one attached hydrogen (secondary N) is 1. The van der Waals surface area contributed by atoms with E-state index >= 15 is 0 Å². The van der Waals surface area contributed by atoms with Gasteiger partial charge in [0, 0.05) is 0 Å². The molecule has 4 aliphatic rings. The number of halogens is 1. The Morgan fingerprint density at radius 3 is 2.66 bits per heavy atom. The lowest BCUT2D eigenvalue weighted by Crippen LogP contribution is -2.30. The highest BCUT2D eigenvalue weighted by atomic mass is 35.5. The average Bonchev–Trinajstić information content (AvgIpc) is 3.66. The van der Waals surface area contributed by atoms with Gasteiger partial charge in [0.25, 0.3) is 0 Å². The summed E-state index contributed by atoms with van der Waals surface area (Å²) in [6.07, 6.45) is 5.62. The van der Waals surface area contributed by atoms with Crippen molar-refractivity contribution >= 4 is 28.6 Å². The summed E-state index contributed by atoms with van der Waals surface area (Å²) in [6, 6.07) is 10.9. The average molecular weight is 452 g/mol. The molecular weight excluding hydrogens is 426 g/mol. The van der Waals surface area contributed by atoms with Crippen molar-refractivity contribution < 1.29 is 9.47 Å². The highest BCUT2D eigenvalue weighted by Crippen LogP contribution is 2.63. The summed E-state index contributed by atoms with van der Waals surface area (Å²) in [6.45, 7) is 3.99. The predicted octanol–water partition coefficient (Wildman–Crippen LogP) is 4.75. The van der Waals surface area contributed by atoms with Gasteiger partial charge < -0.3 is 19.4 Å². The van der Waals surface area contributed by atoms with Crippen LogP contribution in [0.3, 0.4) is 0 Å². The quantitative estimate of drug-likeness (QED) is 0.564. The van der Waals surface area contributed by atoms with Crippen LogP contribution < -0.4 is 5.32 Å². The Kier molecular flexibility index (Phi) is 4.01. The van der Waals surface area contributed by atoms with Gasteiger partial charge in [-0.05, 0) is 68.0 Å². The Labute approximate surface area is 191 Å². The van der Waals surface area contributed by atoms with E-state index in [0.29, 0.717) is 23.6 Å². The Morgan fingerprint density at radius 1 is 1.09 bits per heavy atom. The second kappa shape index (κ2) is 6.65. The van der Waals surface area contributed by atoms with Gasteiger partial charge in [-0.2, -0.15) is 9.97 Å². The number of benzene rings is 1. The minimum Gasteiger partial charge on any atom is -0.361 e. The Bertz CT molecular complexity index is 1190. The lowest BCUT2D eigenvalue weighted by Gasteiger charge is -2.24. The number of aromatic nitrogens is 4. The fraction of sp³-hybridized carbons (Fsp3) is 0.542. The smallest absolute Gasteiger partial charge is 0.226 e. The molecule has 7 nitrogen and oxygen atoms in total. The number of nitrogens with zero attached hydrogens (tertiary/aromatic N) is 4. The number of fused-ring (bicyclic) bond motifs is 4. The van der Waals surface area contributed by atoms with E-state index in [1.807, 2.05) is 26.2 Å². The van der Waals surface area contributed by atoms with Crippen molar-refractivity contribution in [3.05, 3.63) is 47.5 Å². The van der Waals surface area contributed by atoms with Crippen LogP contribution in [0.25, 0.3) is 11.2 Å². The molecule has 0 radical (unpaired) electrons. The van der Waals surface area contributed by atoms with Gasteiger partial charge in [-0.25, -0.2) is 4.98 Å². The number of anilines is 1. The summed E-state index contributed by atoms with van der Waals surface area (Å²) in [4.78, 5) is 13.9. The predicted molar refractivity (Wildman–Crippen MR) is 120 cm³/mol. The van der Waals surface area contributed by atoms with Crippen LogP contribution in [0.15, 0.2) is 36.7 Å². The Hall–Kier alpha value is -2.22. The van der Waals surface area contributed by atoms with Gasteiger partial charge in [-0.15, -0.1) is 0 Å². The molecule has 1 saturated heterocycles. The normalized spacial score (nSPS) is 33.2. The van der Waals surface area contributed by atoms with Crippen LogP contribution in [-0.4, -0.2) is 37.5 Å². The molecule has 3 saturated carbocycles. The minimum atomic E-state index is -0.552. The van der Waals surface area contributed by atoms with Crippen LogP contribution in [-0.2, 0) is 9.47 Å². The minimum absolute atomic E-state index is 0.0137. The van der Waals surface area contributed by atoms with Gasteiger partial charge in [0.2, 0.25) is 5.28 Å². The van der Waals surface area contributed by atoms with Crippen molar-refractivity contribution in [3.63, 3.8) is 0 Å². The van der Waals surface area contributed by atoms with E-state index in [1.54, 1.807) is 0 Å². The number of imidazole rings is 1. The molecule has 4 fully saturated rings. The van der Waals surface area contributed by atoms with Crippen LogP contribution in [0.5, 0.6) is 0 Å².